The van der Waals surface area contributed by atoms with E-state index in [1.807, 2.05) is 36.4 Å². The van der Waals surface area contributed by atoms with Crippen molar-refractivity contribution in [3.8, 4) is 5.75 Å². The van der Waals surface area contributed by atoms with Gasteiger partial charge >= 0.3 is 0 Å². The highest BCUT2D eigenvalue weighted by Crippen LogP contribution is 2.22. The van der Waals surface area contributed by atoms with Crippen molar-refractivity contribution in [1.29, 1.82) is 0 Å². The number of hydrogen-bond acceptors (Lipinski definition) is 3. The van der Waals surface area contributed by atoms with Crippen LogP contribution in [0.5, 0.6) is 5.75 Å². The summed E-state index contributed by atoms with van der Waals surface area (Å²) in [6.07, 6.45) is 4.10. The molecule has 3 nitrogen and oxygen atoms in total. The van der Waals surface area contributed by atoms with Crippen LogP contribution in [0.15, 0.2) is 30.3 Å². The van der Waals surface area contributed by atoms with E-state index in [-0.39, 0.29) is 6.10 Å². The lowest BCUT2D eigenvalue weighted by molar-refractivity contribution is -0.0797. The van der Waals surface area contributed by atoms with Gasteiger partial charge in [0.25, 0.3) is 0 Å². The van der Waals surface area contributed by atoms with Crippen LogP contribution in [0, 0.1) is 0 Å². The highest BCUT2D eigenvalue weighted by molar-refractivity contribution is 5.57. The molecular formula is C12H15NO2. The Morgan fingerprint density at radius 2 is 2.20 bits per heavy atom. The van der Waals surface area contributed by atoms with Crippen molar-refractivity contribution in [3.63, 3.8) is 0 Å². The van der Waals surface area contributed by atoms with Crippen molar-refractivity contribution in [2.75, 3.05) is 19.8 Å². The van der Waals surface area contributed by atoms with Crippen molar-refractivity contribution in [1.82, 2.24) is 0 Å². The summed E-state index contributed by atoms with van der Waals surface area (Å²) in [7, 11) is 0. The van der Waals surface area contributed by atoms with Crippen LogP contribution >= 0.6 is 0 Å². The second-order valence-corrected chi connectivity index (χ2v) is 3.45. The van der Waals surface area contributed by atoms with Crippen LogP contribution in [0.1, 0.15) is 5.56 Å². The molecule has 1 aromatic rings. The van der Waals surface area contributed by atoms with Gasteiger partial charge in [0.05, 0.1) is 13.2 Å². The molecule has 1 fully saturated rings. The van der Waals surface area contributed by atoms with E-state index in [1.54, 1.807) is 0 Å². The average molecular weight is 205 g/mol. The first-order chi connectivity index (χ1) is 7.40. The van der Waals surface area contributed by atoms with Gasteiger partial charge in [-0.2, -0.15) is 0 Å². The number of benzene rings is 1. The SMILES string of the molecule is NC/C=C/c1ccccc1OC1COC1. The predicted octanol–water partition coefficient (Wildman–Crippen LogP) is 1.44. The van der Waals surface area contributed by atoms with Crippen LogP contribution in [0.2, 0.25) is 0 Å². The molecule has 1 heterocycles. The Hall–Kier alpha value is -1.32. The minimum Gasteiger partial charge on any atom is -0.485 e. The molecule has 0 spiro atoms. The van der Waals surface area contributed by atoms with Crippen LogP contribution < -0.4 is 10.5 Å². The van der Waals surface area contributed by atoms with E-state index in [0.29, 0.717) is 19.8 Å². The summed E-state index contributed by atoms with van der Waals surface area (Å²) in [4.78, 5) is 0. The molecule has 0 aromatic heterocycles. The summed E-state index contributed by atoms with van der Waals surface area (Å²) in [5.74, 6) is 0.899. The van der Waals surface area contributed by atoms with E-state index in [0.717, 1.165) is 11.3 Å². The van der Waals surface area contributed by atoms with Crippen LogP contribution in [0.25, 0.3) is 6.08 Å². The van der Waals surface area contributed by atoms with Gasteiger partial charge in [-0.3, -0.25) is 0 Å². The van der Waals surface area contributed by atoms with Crippen LogP contribution in [0.3, 0.4) is 0 Å². The molecule has 1 aliphatic rings. The summed E-state index contributed by atoms with van der Waals surface area (Å²) in [6.45, 7) is 1.92. The fourth-order valence-electron chi connectivity index (χ4n) is 1.38. The third-order valence-electron chi connectivity index (χ3n) is 2.25. The minimum atomic E-state index is 0.206. The largest absolute Gasteiger partial charge is 0.485 e. The highest BCUT2D eigenvalue weighted by atomic mass is 16.6. The minimum absolute atomic E-state index is 0.206. The lowest BCUT2D eigenvalue weighted by Crippen LogP contribution is -2.38. The number of ether oxygens (including phenoxy) is 2. The molecule has 1 aromatic carbocycles. The molecule has 0 atom stereocenters. The van der Waals surface area contributed by atoms with Gasteiger partial charge in [-0.05, 0) is 6.07 Å². The molecule has 1 saturated heterocycles. The summed E-state index contributed by atoms with van der Waals surface area (Å²) < 4.78 is 10.8. The first kappa shape index (κ1) is 10.2. The van der Waals surface area contributed by atoms with E-state index in [2.05, 4.69) is 0 Å². The Labute approximate surface area is 89.5 Å². The zero-order valence-corrected chi connectivity index (χ0v) is 8.56. The predicted molar refractivity (Wildman–Crippen MR) is 59.8 cm³/mol. The van der Waals surface area contributed by atoms with E-state index >= 15 is 0 Å². The molecule has 2 N–H and O–H groups in total. The number of hydrogen-bond donors (Lipinski definition) is 1. The molecular weight excluding hydrogens is 190 g/mol. The van der Waals surface area contributed by atoms with Crippen LogP contribution in [-0.2, 0) is 4.74 Å². The average Bonchev–Trinajstić information content (AvgIpc) is 2.22. The van der Waals surface area contributed by atoms with Crippen LogP contribution in [-0.4, -0.2) is 25.9 Å². The van der Waals surface area contributed by atoms with Crippen molar-refractivity contribution < 1.29 is 9.47 Å². The molecule has 80 valence electrons. The highest BCUT2D eigenvalue weighted by Gasteiger charge is 2.20. The van der Waals surface area contributed by atoms with Crippen molar-refractivity contribution >= 4 is 6.08 Å². The third kappa shape index (κ3) is 2.58. The van der Waals surface area contributed by atoms with Crippen molar-refractivity contribution in [2.45, 2.75) is 6.10 Å². The standard InChI is InChI=1S/C12H15NO2/c13-7-3-5-10-4-1-2-6-12(10)15-11-8-14-9-11/h1-6,11H,7-9,13H2/b5-3+. The molecule has 0 aliphatic carbocycles. The normalized spacial score (nSPS) is 16.6. The van der Waals surface area contributed by atoms with Gasteiger partial charge in [0, 0.05) is 12.1 Å². The number of rotatable bonds is 4. The quantitative estimate of drug-likeness (QED) is 0.808. The summed E-state index contributed by atoms with van der Waals surface area (Å²) in [5.41, 5.74) is 6.48. The lowest BCUT2D eigenvalue weighted by atomic mass is 10.2. The number of para-hydroxylation sites is 1. The second kappa shape index (κ2) is 4.96. The molecule has 0 bridgehead atoms. The molecule has 15 heavy (non-hydrogen) atoms. The Bertz CT molecular complexity index is 345. The van der Waals surface area contributed by atoms with Gasteiger partial charge in [0.15, 0.2) is 0 Å². The first-order valence-electron chi connectivity index (χ1n) is 5.10. The Kier molecular flexibility index (Phi) is 3.37. The third-order valence-corrected chi connectivity index (χ3v) is 2.25. The number of nitrogens with two attached hydrogens (primary N) is 1. The van der Waals surface area contributed by atoms with Gasteiger partial charge in [-0.25, -0.2) is 0 Å². The molecule has 3 heteroatoms. The Balaban J connectivity index is 2.09. The maximum absolute atomic E-state index is 5.76. The second-order valence-electron chi connectivity index (χ2n) is 3.45. The lowest BCUT2D eigenvalue weighted by Gasteiger charge is -2.27. The summed E-state index contributed by atoms with van der Waals surface area (Å²) in [5, 5.41) is 0. The monoisotopic (exact) mass is 205 g/mol. The van der Waals surface area contributed by atoms with E-state index in [9.17, 15) is 0 Å². The maximum atomic E-state index is 5.76. The zero-order valence-electron chi connectivity index (χ0n) is 8.56. The summed E-state index contributed by atoms with van der Waals surface area (Å²) in [6, 6.07) is 7.94. The molecule has 0 unspecified atom stereocenters. The molecule has 0 saturated carbocycles. The van der Waals surface area contributed by atoms with Gasteiger partial charge < -0.3 is 15.2 Å². The van der Waals surface area contributed by atoms with Gasteiger partial charge in [-0.1, -0.05) is 30.4 Å². The van der Waals surface area contributed by atoms with E-state index < -0.39 is 0 Å². The fraction of sp³-hybridized carbons (Fsp3) is 0.333. The van der Waals surface area contributed by atoms with E-state index in [1.165, 1.54) is 0 Å². The van der Waals surface area contributed by atoms with Crippen molar-refractivity contribution in [3.05, 3.63) is 35.9 Å². The first-order valence-corrected chi connectivity index (χ1v) is 5.10. The molecule has 1 aliphatic heterocycles. The van der Waals surface area contributed by atoms with Gasteiger partial charge in [-0.15, -0.1) is 0 Å². The molecule has 0 amide bonds. The maximum Gasteiger partial charge on any atom is 0.145 e. The Morgan fingerprint density at radius 1 is 1.40 bits per heavy atom. The fourth-order valence-corrected chi connectivity index (χ4v) is 1.38. The van der Waals surface area contributed by atoms with Crippen molar-refractivity contribution in [2.24, 2.45) is 5.73 Å². The van der Waals surface area contributed by atoms with E-state index in [4.69, 9.17) is 15.2 Å². The molecule has 0 radical (unpaired) electrons. The zero-order chi connectivity index (χ0) is 10.5. The topological polar surface area (TPSA) is 44.5 Å². The molecule has 2 rings (SSSR count). The van der Waals surface area contributed by atoms with Crippen LogP contribution in [0.4, 0.5) is 0 Å². The van der Waals surface area contributed by atoms with Gasteiger partial charge in [0.2, 0.25) is 0 Å². The van der Waals surface area contributed by atoms with Gasteiger partial charge in [0.1, 0.15) is 11.9 Å². The smallest absolute Gasteiger partial charge is 0.145 e. The Morgan fingerprint density at radius 3 is 2.87 bits per heavy atom. The summed E-state index contributed by atoms with van der Waals surface area (Å²) >= 11 is 0.